The number of aryl methyl sites for hydroxylation is 1. The number of amides is 1. The standard InChI is InChI=1S/C28H31N3O3/c1-19-8-12-29(17-19)22-5-6-23-25(32)30(13-14-31(23)26(22)33)18-28(3)11-15-34-24-7-4-20(16-21(24)28)27(2)9-10-27/h4-8,12,16-17H,9-11,13-15,18H2,1-3H3/t28-/m0/s1. The molecule has 1 fully saturated rings. The molecule has 3 aromatic rings. The topological polar surface area (TPSA) is 56.5 Å². The average molecular weight is 458 g/mol. The SMILES string of the molecule is Cc1ccn(-c2ccc3n(c2=O)CCN(C[C@]2(C)CCOc4ccc(C5(C)CC5)cc42)C3=O)c1. The van der Waals surface area contributed by atoms with Gasteiger partial charge in [0.2, 0.25) is 0 Å². The van der Waals surface area contributed by atoms with Gasteiger partial charge in [0.1, 0.15) is 17.1 Å². The zero-order valence-corrected chi connectivity index (χ0v) is 20.1. The quantitative estimate of drug-likeness (QED) is 0.590. The molecule has 1 aliphatic carbocycles. The molecule has 0 bridgehead atoms. The number of hydrogen-bond acceptors (Lipinski definition) is 3. The fraction of sp³-hybridized carbons (Fsp3) is 0.429. The Labute approximate surface area is 199 Å². The third-order valence-electron chi connectivity index (χ3n) is 8.15. The number of rotatable bonds is 4. The summed E-state index contributed by atoms with van der Waals surface area (Å²) in [5, 5.41) is 0. The third kappa shape index (κ3) is 3.30. The Balaban J connectivity index is 1.30. The van der Waals surface area contributed by atoms with Crippen LogP contribution < -0.4 is 10.3 Å². The average Bonchev–Trinajstić information content (AvgIpc) is 3.43. The predicted octanol–water partition coefficient (Wildman–Crippen LogP) is 4.20. The van der Waals surface area contributed by atoms with Crippen molar-refractivity contribution in [3.8, 4) is 11.4 Å². The van der Waals surface area contributed by atoms with Gasteiger partial charge in [-0.2, -0.15) is 0 Å². The van der Waals surface area contributed by atoms with Crippen LogP contribution in [0.2, 0.25) is 0 Å². The molecule has 1 saturated carbocycles. The summed E-state index contributed by atoms with van der Waals surface area (Å²) in [4.78, 5) is 28.6. The van der Waals surface area contributed by atoms with Crippen LogP contribution in [-0.4, -0.2) is 39.6 Å². The van der Waals surface area contributed by atoms with Gasteiger partial charge in [-0.3, -0.25) is 9.59 Å². The summed E-state index contributed by atoms with van der Waals surface area (Å²) in [6, 6.07) is 12.2. The lowest BCUT2D eigenvalue weighted by Crippen LogP contribution is -2.50. The summed E-state index contributed by atoms with van der Waals surface area (Å²) < 4.78 is 9.47. The Kier molecular flexibility index (Phi) is 4.60. The highest BCUT2D eigenvalue weighted by Gasteiger charge is 2.42. The van der Waals surface area contributed by atoms with Crippen LogP contribution >= 0.6 is 0 Å². The molecule has 4 heterocycles. The van der Waals surface area contributed by atoms with Gasteiger partial charge in [-0.1, -0.05) is 26.0 Å². The normalized spacial score (nSPS) is 22.7. The number of pyridine rings is 1. The lowest BCUT2D eigenvalue weighted by Gasteiger charge is -2.41. The van der Waals surface area contributed by atoms with Gasteiger partial charge in [-0.15, -0.1) is 0 Å². The first-order valence-electron chi connectivity index (χ1n) is 12.2. The number of ether oxygens (including phenoxy) is 1. The Morgan fingerprint density at radius 2 is 1.82 bits per heavy atom. The second kappa shape index (κ2) is 7.36. The maximum Gasteiger partial charge on any atom is 0.275 e. The highest BCUT2D eigenvalue weighted by molar-refractivity contribution is 5.93. The van der Waals surface area contributed by atoms with Crippen molar-refractivity contribution in [3.63, 3.8) is 0 Å². The number of benzene rings is 1. The first kappa shape index (κ1) is 21.3. The van der Waals surface area contributed by atoms with Gasteiger partial charge in [-0.25, -0.2) is 0 Å². The maximum absolute atomic E-state index is 13.5. The molecular formula is C28H31N3O3. The van der Waals surface area contributed by atoms with Crippen molar-refractivity contribution in [2.75, 3.05) is 19.7 Å². The fourth-order valence-corrected chi connectivity index (χ4v) is 5.55. The van der Waals surface area contributed by atoms with Crippen molar-refractivity contribution in [2.45, 2.75) is 57.4 Å². The van der Waals surface area contributed by atoms with E-state index < -0.39 is 0 Å². The van der Waals surface area contributed by atoms with E-state index in [-0.39, 0.29) is 22.3 Å². The van der Waals surface area contributed by atoms with Crippen molar-refractivity contribution in [1.82, 2.24) is 14.0 Å². The predicted molar refractivity (Wildman–Crippen MR) is 131 cm³/mol. The molecule has 1 amide bonds. The Morgan fingerprint density at radius 3 is 2.56 bits per heavy atom. The zero-order chi connectivity index (χ0) is 23.7. The molecule has 0 N–H and O–H groups in total. The number of carbonyl (C=O) groups is 1. The van der Waals surface area contributed by atoms with Gasteiger partial charge in [0.25, 0.3) is 11.5 Å². The minimum absolute atomic E-state index is 0.0711. The van der Waals surface area contributed by atoms with Crippen LogP contribution in [0.3, 0.4) is 0 Å². The van der Waals surface area contributed by atoms with E-state index in [0.717, 1.165) is 17.7 Å². The highest BCUT2D eigenvalue weighted by Crippen LogP contribution is 2.50. The molecule has 6 heteroatoms. The van der Waals surface area contributed by atoms with Gasteiger partial charge in [0.15, 0.2) is 0 Å². The summed E-state index contributed by atoms with van der Waals surface area (Å²) in [5.41, 5.74) is 4.69. The molecule has 6 rings (SSSR count). The number of hydrogen-bond donors (Lipinski definition) is 0. The van der Waals surface area contributed by atoms with E-state index in [2.05, 4.69) is 32.0 Å². The van der Waals surface area contributed by atoms with Crippen LogP contribution in [0.4, 0.5) is 0 Å². The van der Waals surface area contributed by atoms with Gasteiger partial charge in [-0.05, 0) is 67.0 Å². The fourth-order valence-electron chi connectivity index (χ4n) is 5.55. The van der Waals surface area contributed by atoms with Crippen LogP contribution in [-0.2, 0) is 17.4 Å². The Hall–Kier alpha value is -3.28. The van der Waals surface area contributed by atoms with Crippen molar-refractivity contribution in [2.24, 2.45) is 0 Å². The van der Waals surface area contributed by atoms with E-state index >= 15 is 0 Å². The number of fused-ring (bicyclic) bond motifs is 2. The lowest BCUT2D eigenvalue weighted by molar-refractivity contribution is 0.0631. The molecule has 34 heavy (non-hydrogen) atoms. The van der Waals surface area contributed by atoms with Crippen molar-refractivity contribution >= 4 is 5.91 Å². The van der Waals surface area contributed by atoms with E-state index in [1.54, 1.807) is 16.7 Å². The van der Waals surface area contributed by atoms with Gasteiger partial charge < -0.3 is 18.8 Å². The minimum atomic E-state index is -0.185. The summed E-state index contributed by atoms with van der Waals surface area (Å²) in [6.45, 7) is 8.88. The molecule has 3 aliphatic rings. The molecule has 0 unspecified atom stereocenters. The first-order valence-corrected chi connectivity index (χ1v) is 12.2. The van der Waals surface area contributed by atoms with Crippen LogP contribution in [0, 0.1) is 6.92 Å². The summed E-state index contributed by atoms with van der Waals surface area (Å²) in [6.07, 6.45) is 7.13. The lowest BCUT2D eigenvalue weighted by atomic mass is 9.75. The molecule has 0 saturated heterocycles. The van der Waals surface area contributed by atoms with Gasteiger partial charge in [0.05, 0.1) is 6.61 Å². The van der Waals surface area contributed by atoms with Crippen LogP contribution in [0.15, 0.2) is 53.6 Å². The molecule has 2 aliphatic heterocycles. The molecule has 6 nitrogen and oxygen atoms in total. The van der Waals surface area contributed by atoms with E-state index in [0.29, 0.717) is 37.6 Å². The minimum Gasteiger partial charge on any atom is -0.493 e. The Bertz CT molecular complexity index is 1360. The molecule has 0 spiro atoms. The van der Waals surface area contributed by atoms with Crippen LogP contribution in [0.25, 0.3) is 5.69 Å². The van der Waals surface area contributed by atoms with Gasteiger partial charge in [0, 0.05) is 43.0 Å². The second-order valence-corrected chi connectivity index (χ2v) is 10.8. The molecular weight excluding hydrogens is 426 g/mol. The molecule has 2 aromatic heterocycles. The van der Waals surface area contributed by atoms with Crippen molar-refractivity contribution in [1.29, 1.82) is 0 Å². The molecule has 1 atom stereocenters. The van der Waals surface area contributed by atoms with E-state index in [1.807, 2.05) is 34.9 Å². The molecule has 1 aromatic carbocycles. The summed E-state index contributed by atoms with van der Waals surface area (Å²) >= 11 is 0. The van der Waals surface area contributed by atoms with Crippen LogP contribution in [0.5, 0.6) is 5.75 Å². The number of nitrogens with zero attached hydrogens (tertiary/aromatic N) is 3. The zero-order valence-electron chi connectivity index (χ0n) is 20.1. The number of carbonyl (C=O) groups excluding carboxylic acids is 1. The third-order valence-corrected chi connectivity index (χ3v) is 8.15. The molecule has 0 radical (unpaired) electrons. The van der Waals surface area contributed by atoms with E-state index in [9.17, 15) is 9.59 Å². The first-order chi connectivity index (χ1) is 16.3. The summed E-state index contributed by atoms with van der Waals surface area (Å²) in [7, 11) is 0. The summed E-state index contributed by atoms with van der Waals surface area (Å²) in [5.74, 6) is 0.868. The van der Waals surface area contributed by atoms with Crippen LogP contribution in [0.1, 0.15) is 60.3 Å². The number of aromatic nitrogens is 2. The van der Waals surface area contributed by atoms with E-state index in [4.69, 9.17) is 4.74 Å². The molecule has 176 valence electrons. The van der Waals surface area contributed by atoms with Crippen molar-refractivity contribution in [3.05, 3.63) is 81.5 Å². The monoisotopic (exact) mass is 457 g/mol. The smallest absolute Gasteiger partial charge is 0.275 e. The maximum atomic E-state index is 13.5. The second-order valence-electron chi connectivity index (χ2n) is 10.8. The highest BCUT2D eigenvalue weighted by atomic mass is 16.5. The largest absolute Gasteiger partial charge is 0.493 e. The van der Waals surface area contributed by atoms with Gasteiger partial charge >= 0.3 is 0 Å². The Morgan fingerprint density at radius 1 is 1.00 bits per heavy atom. The van der Waals surface area contributed by atoms with E-state index in [1.165, 1.54) is 24.0 Å². The van der Waals surface area contributed by atoms with Crippen molar-refractivity contribution < 1.29 is 9.53 Å².